The van der Waals surface area contributed by atoms with Crippen molar-refractivity contribution >= 4 is 51.1 Å². The quantitative estimate of drug-likeness (QED) is 0.423. The highest BCUT2D eigenvalue weighted by molar-refractivity contribution is 9.10. The van der Waals surface area contributed by atoms with Gasteiger partial charge < -0.3 is 10.2 Å². The Labute approximate surface area is 196 Å². The monoisotopic (exact) mass is 510 g/mol. The van der Waals surface area contributed by atoms with Crippen LogP contribution >= 0.6 is 39.3 Å². The van der Waals surface area contributed by atoms with E-state index in [0.717, 1.165) is 27.8 Å². The van der Waals surface area contributed by atoms with E-state index in [2.05, 4.69) is 21.2 Å². The van der Waals surface area contributed by atoms with Gasteiger partial charge >= 0.3 is 0 Å². The average molecular weight is 512 g/mol. The molecule has 0 unspecified atom stereocenters. The van der Waals surface area contributed by atoms with E-state index in [1.54, 1.807) is 22.7 Å². The number of halogens is 2. The van der Waals surface area contributed by atoms with Gasteiger partial charge in [-0.25, -0.2) is 0 Å². The predicted octanol–water partition coefficient (Wildman–Crippen LogP) is 5.67. The van der Waals surface area contributed by atoms with Gasteiger partial charge in [-0.2, -0.15) is 0 Å². The van der Waals surface area contributed by atoms with Crippen LogP contribution in [0.4, 0.5) is 0 Å². The summed E-state index contributed by atoms with van der Waals surface area (Å²) in [5, 5.41) is 3.53. The van der Waals surface area contributed by atoms with Crippen molar-refractivity contribution in [3.63, 3.8) is 0 Å². The summed E-state index contributed by atoms with van der Waals surface area (Å²) in [6.07, 6.45) is 1.40. The lowest BCUT2D eigenvalue weighted by atomic mass is 10.1. The molecule has 0 aliphatic carbocycles. The molecule has 1 N–H and O–H groups in total. The van der Waals surface area contributed by atoms with Gasteiger partial charge in [0, 0.05) is 28.3 Å². The van der Waals surface area contributed by atoms with Crippen molar-refractivity contribution in [2.45, 2.75) is 45.0 Å². The number of benzene rings is 2. The summed E-state index contributed by atoms with van der Waals surface area (Å²) < 4.78 is 1.03. The van der Waals surface area contributed by atoms with Crippen LogP contribution in [-0.2, 0) is 21.9 Å². The van der Waals surface area contributed by atoms with Crippen LogP contribution in [-0.4, -0.2) is 35.1 Å². The molecule has 0 fully saturated rings. The fourth-order valence-corrected chi connectivity index (χ4v) is 4.35. The topological polar surface area (TPSA) is 49.4 Å². The molecule has 0 saturated heterocycles. The Morgan fingerprint density at radius 3 is 2.47 bits per heavy atom. The molecule has 0 bridgehead atoms. The Morgan fingerprint density at radius 1 is 1.13 bits per heavy atom. The summed E-state index contributed by atoms with van der Waals surface area (Å²) in [5.41, 5.74) is 1.99. The number of hydrogen-bond acceptors (Lipinski definition) is 3. The molecule has 162 valence electrons. The molecule has 0 spiro atoms. The molecule has 2 aromatic carbocycles. The van der Waals surface area contributed by atoms with E-state index in [0.29, 0.717) is 30.3 Å². The van der Waals surface area contributed by atoms with Crippen molar-refractivity contribution < 1.29 is 9.59 Å². The Morgan fingerprint density at radius 2 is 1.83 bits per heavy atom. The van der Waals surface area contributed by atoms with E-state index in [-0.39, 0.29) is 11.8 Å². The molecule has 30 heavy (non-hydrogen) atoms. The van der Waals surface area contributed by atoms with Gasteiger partial charge in [0.1, 0.15) is 6.04 Å². The molecule has 0 aliphatic rings. The standard InChI is InChI=1S/C23H28BrClN2O2S/c1-3-13-26-23(29)21(4-2)27(14-18-7-5-6-8-20(18)25)22(28)16-30-15-17-9-11-19(24)12-10-17/h5-12,21H,3-4,13-16H2,1-2H3,(H,26,29)/t21-/m1/s1. The van der Waals surface area contributed by atoms with Crippen LogP contribution in [0.5, 0.6) is 0 Å². The molecule has 2 aromatic rings. The molecular weight excluding hydrogens is 484 g/mol. The lowest BCUT2D eigenvalue weighted by Crippen LogP contribution is -2.49. The van der Waals surface area contributed by atoms with Crippen LogP contribution in [0.2, 0.25) is 5.02 Å². The normalized spacial score (nSPS) is 11.7. The van der Waals surface area contributed by atoms with Crippen molar-refractivity contribution in [1.29, 1.82) is 0 Å². The first kappa shape index (κ1) is 24.8. The number of rotatable bonds is 11. The zero-order valence-corrected chi connectivity index (χ0v) is 20.5. The Bertz CT molecular complexity index is 832. The summed E-state index contributed by atoms with van der Waals surface area (Å²) in [4.78, 5) is 27.6. The third kappa shape index (κ3) is 7.64. The zero-order chi connectivity index (χ0) is 21.9. The lowest BCUT2D eigenvalue weighted by Gasteiger charge is -2.31. The van der Waals surface area contributed by atoms with Gasteiger partial charge in [0.15, 0.2) is 0 Å². The summed E-state index contributed by atoms with van der Waals surface area (Å²) in [5.74, 6) is 0.865. The number of carbonyl (C=O) groups excluding carboxylic acids is 2. The fourth-order valence-electron chi connectivity index (χ4n) is 3.02. The van der Waals surface area contributed by atoms with Crippen LogP contribution in [0.25, 0.3) is 0 Å². The second kappa shape index (κ2) is 13.0. The Balaban J connectivity index is 2.11. The minimum atomic E-state index is -0.520. The molecule has 0 heterocycles. The van der Waals surface area contributed by atoms with Crippen molar-refractivity contribution in [2.75, 3.05) is 12.3 Å². The summed E-state index contributed by atoms with van der Waals surface area (Å²) in [6.45, 7) is 4.85. The maximum absolute atomic E-state index is 13.2. The molecule has 1 atom stereocenters. The van der Waals surface area contributed by atoms with Gasteiger partial charge in [-0.3, -0.25) is 9.59 Å². The Hall–Kier alpha value is -1.50. The minimum Gasteiger partial charge on any atom is -0.354 e. The first-order valence-corrected chi connectivity index (χ1v) is 12.4. The highest BCUT2D eigenvalue weighted by Crippen LogP contribution is 2.22. The number of thioether (sulfide) groups is 1. The van der Waals surface area contributed by atoms with E-state index in [1.165, 1.54) is 0 Å². The van der Waals surface area contributed by atoms with E-state index < -0.39 is 6.04 Å². The summed E-state index contributed by atoms with van der Waals surface area (Å²) >= 11 is 11.3. The van der Waals surface area contributed by atoms with Crippen molar-refractivity contribution in [3.05, 3.63) is 69.2 Å². The molecule has 0 radical (unpaired) electrons. The number of hydrogen-bond donors (Lipinski definition) is 1. The van der Waals surface area contributed by atoms with E-state index >= 15 is 0 Å². The van der Waals surface area contributed by atoms with Gasteiger partial charge in [0.25, 0.3) is 0 Å². The first-order chi connectivity index (χ1) is 14.5. The van der Waals surface area contributed by atoms with Crippen molar-refractivity contribution in [2.24, 2.45) is 0 Å². The molecule has 2 rings (SSSR count). The SMILES string of the molecule is CCCNC(=O)[C@@H](CC)N(Cc1ccccc1Cl)C(=O)CSCc1ccc(Br)cc1. The minimum absolute atomic E-state index is 0.0597. The maximum Gasteiger partial charge on any atom is 0.242 e. The molecule has 2 amide bonds. The van der Waals surface area contributed by atoms with E-state index in [9.17, 15) is 9.59 Å². The van der Waals surface area contributed by atoms with Crippen molar-refractivity contribution in [1.82, 2.24) is 10.2 Å². The van der Waals surface area contributed by atoms with E-state index in [4.69, 9.17) is 11.6 Å². The molecule has 4 nitrogen and oxygen atoms in total. The van der Waals surface area contributed by atoms with Crippen molar-refractivity contribution in [3.8, 4) is 0 Å². The van der Waals surface area contributed by atoms with E-state index in [1.807, 2.05) is 56.3 Å². The second-order valence-corrected chi connectivity index (χ2v) is 9.26. The number of nitrogens with zero attached hydrogens (tertiary/aromatic N) is 1. The molecule has 0 aliphatic heterocycles. The Kier molecular flexibility index (Phi) is 10.8. The highest BCUT2D eigenvalue weighted by atomic mass is 79.9. The molecule has 0 aromatic heterocycles. The van der Waals surface area contributed by atoms with Crippen LogP contribution in [0.3, 0.4) is 0 Å². The molecule has 7 heteroatoms. The smallest absolute Gasteiger partial charge is 0.242 e. The van der Waals surface area contributed by atoms with Crippen LogP contribution in [0.15, 0.2) is 53.0 Å². The highest BCUT2D eigenvalue weighted by Gasteiger charge is 2.28. The second-order valence-electron chi connectivity index (χ2n) is 6.95. The molecular formula is C23H28BrClN2O2S. The third-order valence-electron chi connectivity index (χ3n) is 4.64. The number of carbonyl (C=O) groups is 2. The number of amides is 2. The average Bonchev–Trinajstić information content (AvgIpc) is 2.74. The van der Waals surface area contributed by atoms with Crippen LogP contribution in [0, 0.1) is 0 Å². The predicted molar refractivity (Wildman–Crippen MR) is 130 cm³/mol. The van der Waals surface area contributed by atoms with Gasteiger partial charge in [0.05, 0.1) is 5.75 Å². The molecule has 0 saturated carbocycles. The number of nitrogens with one attached hydrogen (secondary N) is 1. The van der Waals surface area contributed by atoms with Gasteiger partial charge in [-0.15, -0.1) is 11.8 Å². The third-order valence-corrected chi connectivity index (χ3v) is 6.53. The van der Waals surface area contributed by atoms with Gasteiger partial charge in [-0.1, -0.05) is 71.7 Å². The first-order valence-electron chi connectivity index (χ1n) is 10.1. The van der Waals surface area contributed by atoms with Crippen LogP contribution < -0.4 is 5.32 Å². The largest absolute Gasteiger partial charge is 0.354 e. The van der Waals surface area contributed by atoms with Gasteiger partial charge in [-0.05, 0) is 42.2 Å². The fraction of sp³-hybridized carbons (Fsp3) is 0.391. The lowest BCUT2D eigenvalue weighted by molar-refractivity contribution is -0.139. The summed E-state index contributed by atoms with van der Waals surface area (Å²) in [6, 6.07) is 15.0. The maximum atomic E-state index is 13.2. The zero-order valence-electron chi connectivity index (χ0n) is 17.4. The summed E-state index contributed by atoms with van der Waals surface area (Å²) in [7, 11) is 0. The van der Waals surface area contributed by atoms with Crippen LogP contribution in [0.1, 0.15) is 37.8 Å². The van der Waals surface area contributed by atoms with Gasteiger partial charge in [0.2, 0.25) is 11.8 Å².